The van der Waals surface area contributed by atoms with Gasteiger partial charge in [0.2, 0.25) is 0 Å². The summed E-state index contributed by atoms with van der Waals surface area (Å²) in [6, 6.07) is 6.61. The average molecular weight is 286 g/mol. The minimum absolute atomic E-state index is 0.294. The van der Waals surface area contributed by atoms with Gasteiger partial charge in [-0.2, -0.15) is 17.6 Å². The van der Waals surface area contributed by atoms with Crippen LogP contribution in [0.25, 0.3) is 0 Å². The van der Waals surface area contributed by atoms with Crippen LogP contribution < -0.4 is 0 Å². The number of phenols is 2. The van der Waals surface area contributed by atoms with E-state index in [2.05, 4.69) is 0 Å². The summed E-state index contributed by atoms with van der Waals surface area (Å²) in [5.74, 6) is -9.48. The fourth-order valence-electron chi connectivity index (χ4n) is 1.70. The van der Waals surface area contributed by atoms with Crippen molar-refractivity contribution >= 4 is 0 Å². The minimum Gasteiger partial charge on any atom is -0.508 e. The van der Waals surface area contributed by atoms with Crippen molar-refractivity contribution < 1.29 is 27.8 Å². The van der Waals surface area contributed by atoms with Crippen LogP contribution in [-0.4, -0.2) is 10.2 Å². The molecule has 0 aliphatic heterocycles. The van der Waals surface area contributed by atoms with E-state index in [0.29, 0.717) is 0 Å². The van der Waals surface area contributed by atoms with Crippen LogP contribution in [-0.2, 0) is 11.8 Å². The van der Waals surface area contributed by atoms with Crippen LogP contribution in [0.4, 0.5) is 17.6 Å². The van der Waals surface area contributed by atoms with Gasteiger partial charge in [0.25, 0.3) is 0 Å². The largest absolute Gasteiger partial charge is 0.508 e. The van der Waals surface area contributed by atoms with Gasteiger partial charge in [0.05, 0.1) is 0 Å². The standard InChI is InChI=1S/C14H10F4O2/c15-13(16,9-1-5-11(19)6-2-9)14(17,18)10-3-7-12(20)8-4-10/h1-8,19-20H. The number of alkyl halides is 4. The van der Waals surface area contributed by atoms with Crippen LogP contribution in [0.2, 0.25) is 0 Å². The Kier molecular flexibility index (Phi) is 3.33. The normalized spacial score (nSPS) is 12.4. The predicted octanol–water partition coefficient (Wildman–Crippen LogP) is 3.98. The minimum atomic E-state index is -4.45. The van der Waals surface area contributed by atoms with E-state index in [9.17, 15) is 17.6 Å². The highest BCUT2D eigenvalue weighted by atomic mass is 19.3. The van der Waals surface area contributed by atoms with Gasteiger partial charge in [-0.3, -0.25) is 0 Å². The molecule has 2 nitrogen and oxygen atoms in total. The van der Waals surface area contributed by atoms with Crippen LogP contribution in [0.5, 0.6) is 11.5 Å². The maximum atomic E-state index is 14.0. The first-order valence-corrected chi connectivity index (χ1v) is 5.60. The summed E-state index contributed by atoms with van der Waals surface area (Å²) >= 11 is 0. The van der Waals surface area contributed by atoms with Gasteiger partial charge in [0.15, 0.2) is 0 Å². The lowest BCUT2D eigenvalue weighted by molar-refractivity contribution is -0.223. The monoisotopic (exact) mass is 286 g/mol. The van der Waals surface area contributed by atoms with Crippen LogP contribution in [0.15, 0.2) is 48.5 Å². The van der Waals surface area contributed by atoms with Crippen molar-refractivity contribution in [3.05, 3.63) is 59.7 Å². The number of hydrogen-bond donors (Lipinski definition) is 2. The van der Waals surface area contributed by atoms with Crippen molar-refractivity contribution in [3.8, 4) is 11.5 Å². The lowest BCUT2D eigenvalue weighted by atomic mass is 9.96. The number of phenolic OH excluding ortho intramolecular Hbond substituents is 2. The van der Waals surface area contributed by atoms with Crippen LogP contribution >= 0.6 is 0 Å². The van der Waals surface area contributed by atoms with E-state index in [-0.39, 0.29) is 11.5 Å². The molecule has 0 saturated heterocycles. The van der Waals surface area contributed by atoms with Crippen molar-refractivity contribution in [3.63, 3.8) is 0 Å². The third kappa shape index (κ3) is 2.29. The highest BCUT2D eigenvalue weighted by molar-refractivity contribution is 5.35. The lowest BCUT2D eigenvalue weighted by Crippen LogP contribution is -2.35. The van der Waals surface area contributed by atoms with E-state index >= 15 is 0 Å². The zero-order valence-electron chi connectivity index (χ0n) is 10.0. The maximum Gasteiger partial charge on any atom is 0.339 e. The molecule has 0 bridgehead atoms. The summed E-state index contributed by atoms with van der Waals surface area (Å²) < 4.78 is 55.8. The summed E-state index contributed by atoms with van der Waals surface area (Å²) in [7, 11) is 0. The maximum absolute atomic E-state index is 14.0. The Labute approximate surface area is 111 Å². The number of halogens is 4. The zero-order valence-corrected chi connectivity index (χ0v) is 10.0. The van der Waals surface area contributed by atoms with Crippen LogP contribution in [0.1, 0.15) is 11.1 Å². The summed E-state index contributed by atoms with van der Waals surface area (Å²) in [6.07, 6.45) is 0. The van der Waals surface area contributed by atoms with E-state index < -0.39 is 23.0 Å². The van der Waals surface area contributed by atoms with Crippen LogP contribution in [0.3, 0.4) is 0 Å². The van der Waals surface area contributed by atoms with Gasteiger partial charge < -0.3 is 10.2 Å². The molecule has 20 heavy (non-hydrogen) atoms. The summed E-state index contributed by atoms with van der Waals surface area (Å²) in [4.78, 5) is 0. The third-order valence-corrected chi connectivity index (χ3v) is 2.85. The molecule has 0 unspecified atom stereocenters. The second-order valence-electron chi connectivity index (χ2n) is 4.24. The van der Waals surface area contributed by atoms with Gasteiger partial charge in [-0.05, 0) is 48.5 Å². The van der Waals surface area contributed by atoms with E-state index in [4.69, 9.17) is 10.2 Å². The van der Waals surface area contributed by atoms with Gasteiger partial charge in [0.1, 0.15) is 11.5 Å². The molecule has 0 heterocycles. The second-order valence-corrected chi connectivity index (χ2v) is 4.24. The van der Waals surface area contributed by atoms with E-state index in [1.807, 2.05) is 0 Å². The van der Waals surface area contributed by atoms with Crippen molar-refractivity contribution in [2.75, 3.05) is 0 Å². The van der Waals surface area contributed by atoms with Crippen LogP contribution in [0, 0.1) is 0 Å². The molecule has 2 aromatic rings. The second kappa shape index (κ2) is 4.70. The quantitative estimate of drug-likeness (QED) is 0.838. The highest BCUT2D eigenvalue weighted by Gasteiger charge is 2.58. The molecule has 0 atom stereocenters. The number of aromatic hydroxyl groups is 2. The van der Waals surface area contributed by atoms with E-state index in [1.54, 1.807) is 0 Å². The molecule has 0 fully saturated rings. The fraction of sp³-hybridized carbons (Fsp3) is 0.143. The van der Waals surface area contributed by atoms with Crippen molar-refractivity contribution in [1.82, 2.24) is 0 Å². The van der Waals surface area contributed by atoms with Crippen molar-refractivity contribution in [2.24, 2.45) is 0 Å². The van der Waals surface area contributed by atoms with Gasteiger partial charge >= 0.3 is 11.8 Å². The predicted molar refractivity (Wildman–Crippen MR) is 64.0 cm³/mol. The van der Waals surface area contributed by atoms with Gasteiger partial charge in [0, 0.05) is 11.1 Å². The van der Waals surface area contributed by atoms with Crippen molar-refractivity contribution in [1.29, 1.82) is 0 Å². The smallest absolute Gasteiger partial charge is 0.339 e. The average Bonchev–Trinajstić information content (AvgIpc) is 2.39. The summed E-state index contributed by atoms with van der Waals surface area (Å²) in [6.45, 7) is 0. The third-order valence-electron chi connectivity index (χ3n) is 2.85. The fourth-order valence-corrected chi connectivity index (χ4v) is 1.70. The van der Waals surface area contributed by atoms with Gasteiger partial charge in [-0.25, -0.2) is 0 Å². The molecule has 2 N–H and O–H groups in total. The molecule has 0 saturated carbocycles. The Hall–Kier alpha value is -2.24. The molecule has 0 aliphatic rings. The molecule has 6 heteroatoms. The molecule has 2 aromatic carbocycles. The topological polar surface area (TPSA) is 40.5 Å². The molecular formula is C14H10F4O2. The molecule has 2 rings (SSSR count). The Balaban J connectivity index is 2.45. The summed E-state index contributed by atoms with van der Waals surface area (Å²) in [5.41, 5.74) is -1.82. The lowest BCUT2D eigenvalue weighted by Gasteiger charge is -2.27. The SMILES string of the molecule is Oc1ccc(C(F)(F)C(F)(F)c2ccc(O)cc2)cc1. The summed E-state index contributed by atoms with van der Waals surface area (Å²) in [5, 5.41) is 18.0. The molecule has 106 valence electrons. The number of hydrogen-bond acceptors (Lipinski definition) is 2. The zero-order chi connectivity index (χ0) is 15.0. The molecular weight excluding hydrogens is 276 g/mol. The Morgan fingerprint density at radius 2 is 0.800 bits per heavy atom. The molecule has 0 spiro atoms. The first-order chi connectivity index (χ1) is 9.25. The molecule has 0 radical (unpaired) electrons. The number of benzene rings is 2. The van der Waals surface area contributed by atoms with Gasteiger partial charge in [-0.1, -0.05) is 0 Å². The number of rotatable bonds is 3. The Morgan fingerprint density at radius 3 is 1.05 bits per heavy atom. The molecule has 0 amide bonds. The van der Waals surface area contributed by atoms with Gasteiger partial charge in [-0.15, -0.1) is 0 Å². The van der Waals surface area contributed by atoms with E-state index in [1.165, 1.54) is 0 Å². The molecule has 0 aromatic heterocycles. The van der Waals surface area contributed by atoms with Crippen molar-refractivity contribution in [2.45, 2.75) is 11.8 Å². The Bertz CT molecular complexity index is 536. The van der Waals surface area contributed by atoms with E-state index in [0.717, 1.165) is 48.5 Å². The first kappa shape index (κ1) is 14.2. The Morgan fingerprint density at radius 1 is 0.550 bits per heavy atom. The first-order valence-electron chi connectivity index (χ1n) is 5.60. The molecule has 0 aliphatic carbocycles. The highest BCUT2D eigenvalue weighted by Crippen LogP contribution is 2.49.